The minimum atomic E-state index is -0.539. The van der Waals surface area contributed by atoms with E-state index >= 15 is 0 Å². The number of pyridine rings is 1. The Hall–Kier alpha value is -4.21. The molecule has 10 nitrogen and oxygen atoms in total. The molecule has 0 bridgehead atoms. The summed E-state index contributed by atoms with van der Waals surface area (Å²) < 4.78 is 1.92. The van der Waals surface area contributed by atoms with Crippen molar-refractivity contribution in [2.24, 2.45) is 5.92 Å². The van der Waals surface area contributed by atoms with Crippen molar-refractivity contribution >= 4 is 22.9 Å². The van der Waals surface area contributed by atoms with Crippen LogP contribution < -0.4 is 21.9 Å². The van der Waals surface area contributed by atoms with Gasteiger partial charge in [0.25, 0.3) is 5.56 Å². The van der Waals surface area contributed by atoms with Crippen LogP contribution in [-0.2, 0) is 24.4 Å². The Morgan fingerprint density at radius 3 is 2.47 bits per heavy atom. The van der Waals surface area contributed by atoms with Gasteiger partial charge in [0.05, 0.1) is 0 Å². The Morgan fingerprint density at radius 2 is 1.81 bits per heavy atom. The second kappa shape index (κ2) is 10.2. The molecule has 0 saturated heterocycles. The van der Waals surface area contributed by atoms with E-state index in [1.54, 1.807) is 6.20 Å². The number of anilines is 1. The van der Waals surface area contributed by atoms with Crippen LogP contribution in [0.15, 0.2) is 52.2 Å². The number of carbonyl (C=O) groups excluding carboxylic acids is 1. The van der Waals surface area contributed by atoms with Crippen LogP contribution in [0.25, 0.3) is 22.6 Å². The number of hydrogen-bond donors (Lipinski definition) is 4. The number of carbonyl (C=O) groups is 1. The van der Waals surface area contributed by atoms with Crippen molar-refractivity contribution in [1.82, 2.24) is 29.8 Å². The third-order valence-electron chi connectivity index (χ3n) is 6.39. The first-order valence-corrected chi connectivity index (χ1v) is 12.2. The molecule has 1 aliphatic carbocycles. The second-order valence-electron chi connectivity index (χ2n) is 9.29. The highest BCUT2D eigenvalue weighted by Crippen LogP contribution is 2.34. The molecule has 1 fully saturated rings. The van der Waals surface area contributed by atoms with Crippen LogP contribution in [-0.4, -0.2) is 30.4 Å². The first-order chi connectivity index (χ1) is 17.5. The van der Waals surface area contributed by atoms with E-state index in [2.05, 4.69) is 30.6 Å². The minimum Gasteiger partial charge on any atom is -0.366 e. The van der Waals surface area contributed by atoms with E-state index in [1.807, 2.05) is 41.0 Å². The van der Waals surface area contributed by atoms with Gasteiger partial charge >= 0.3 is 5.69 Å². The lowest BCUT2D eigenvalue weighted by Gasteiger charge is -2.10. The summed E-state index contributed by atoms with van der Waals surface area (Å²) in [6.07, 6.45) is 6.38. The normalized spacial score (nSPS) is 13.1. The van der Waals surface area contributed by atoms with Gasteiger partial charge in [0.1, 0.15) is 17.3 Å². The lowest BCUT2D eigenvalue weighted by molar-refractivity contribution is -0.119. The molecule has 4 aromatic rings. The van der Waals surface area contributed by atoms with Gasteiger partial charge in [0.2, 0.25) is 5.91 Å². The van der Waals surface area contributed by atoms with E-state index in [0.29, 0.717) is 36.9 Å². The fraction of sp³-hybridized carbons (Fsp3) is 0.346. The first kappa shape index (κ1) is 23.5. The maximum Gasteiger partial charge on any atom is 0.327 e. The van der Waals surface area contributed by atoms with Crippen molar-refractivity contribution in [2.45, 2.75) is 52.2 Å². The number of nitrogens with one attached hydrogen (secondary N) is 4. The van der Waals surface area contributed by atoms with Crippen LogP contribution in [0.1, 0.15) is 43.7 Å². The maximum absolute atomic E-state index is 12.4. The monoisotopic (exact) mass is 487 g/mol. The van der Waals surface area contributed by atoms with Gasteiger partial charge in [-0.25, -0.2) is 14.8 Å². The highest BCUT2D eigenvalue weighted by atomic mass is 16.2. The molecule has 186 valence electrons. The quantitative estimate of drug-likeness (QED) is 0.271. The molecule has 0 spiro atoms. The van der Waals surface area contributed by atoms with Crippen molar-refractivity contribution in [2.75, 3.05) is 5.32 Å². The minimum absolute atomic E-state index is 0.0517. The van der Waals surface area contributed by atoms with E-state index in [4.69, 9.17) is 0 Å². The summed E-state index contributed by atoms with van der Waals surface area (Å²) in [7, 11) is 0. The Balaban J connectivity index is 1.31. The molecule has 10 heteroatoms. The van der Waals surface area contributed by atoms with Crippen LogP contribution in [0.2, 0.25) is 0 Å². The van der Waals surface area contributed by atoms with Crippen LogP contribution in [0.4, 0.5) is 5.82 Å². The van der Waals surface area contributed by atoms with Crippen molar-refractivity contribution in [1.29, 1.82) is 0 Å². The van der Waals surface area contributed by atoms with Gasteiger partial charge in [-0.1, -0.05) is 37.1 Å². The average Bonchev–Trinajstić information content (AvgIpc) is 3.62. The number of aryl methyl sites for hydroxylation is 1. The summed E-state index contributed by atoms with van der Waals surface area (Å²) >= 11 is 0. The lowest BCUT2D eigenvalue weighted by atomic mass is 10.1. The molecule has 3 aromatic heterocycles. The molecule has 3 heterocycles. The summed E-state index contributed by atoms with van der Waals surface area (Å²) in [6.45, 7) is 3.28. The predicted octanol–water partition coefficient (Wildman–Crippen LogP) is 2.91. The number of H-pyrrole nitrogens is 2. The zero-order valence-corrected chi connectivity index (χ0v) is 20.1. The molecule has 5 rings (SSSR count). The number of benzene rings is 1. The number of rotatable bonds is 10. The smallest absolute Gasteiger partial charge is 0.327 e. The number of aromatic amines is 2. The van der Waals surface area contributed by atoms with Crippen molar-refractivity contribution in [3.05, 3.63) is 74.6 Å². The van der Waals surface area contributed by atoms with Crippen molar-refractivity contribution in [3.8, 4) is 11.4 Å². The van der Waals surface area contributed by atoms with Gasteiger partial charge in [-0.2, -0.15) is 0 Å². The summed E-state index contributed by atoms with van der Waals surface area (Å²) in [5, 5.41) is 6.10. The second-order valence-corrected chi connectivity index (χ2v) is 9.29. The van der Waals surface area contributed by atoms with Gasteiger partial charge in [-0.15, -0.1) is 0 Å². The van der Waals surface area contributed by atoms with Gasteiger partial charge in [-0.3, -0.25) is 19.6 Å². The van der Waals surface area contributed by atoms with Crippen molar-refractivity contribution < 1.29 is 4.79 Å². The van der Waals surface area contributed by atoms with Crippen molar-refractivity contribution in [3.63, 3.8) is 0 Å². The third kappa shape index (κ3) is 5.54. The fourth-order valence-corrected chi connectivity index (χ4v) is 4.25. The van der Waals surface area contributed by atoms with E-state index in [1.165, 1.54) is 19.8 Å². The topological polar surface area (TPSA) is 138 Å². The third-order valence-corrected chi connectivity index (χ3v) is 6.39. The van der Waals surface area contributed by atoms with Gasteiger partial charge in [-0.05, 0) is 42.0 Å². The van der Waals surface area contributed by atoms with Gasteiger partial charge in [0.15, 0.2) is 5.52 Å². The molecule has 1 amide bonds. The number of nitrogens with zero attached hydrogens (tertiary/aromatic N) is 3. The van der Waals surface area contributed by atoms with Crippen LogP contribution in [0.3, 0.4) is 0 Å². The zero-order chi connectivity index (χ0) is 25.1. The Labute approximate surface area is 207 Å². The summed E-state index contributed by atoms with van der Waals surface area (Å²) in [5.74, 6) is 2.07. The molecule has 0 radical (unpaired) electrons. The molecule has 0 aliphatic heterocycles. The number of fused-ring (bicyclic) bond motifs is 1. The summed E-state index contributed by atoms with van der Waals surface area (Å²) in [5.41, 5.74) is 2.53. The molecule has 0 atom stereocenters. The van der Waals surface area contributed by atoms with Crippen LogP contribution in [0, 0.1) is 5.92 Å². The van der Waals surface area contributed by atoms with E-state index in [-0.39, 0.29) is 11.4 Å². The Bertz CT molecular complexity index is 1480. The highest BCUT2D eigenvalue weighted by molar-refractivity contribution is 5.76. The number of amides is 1. The lowest BCUT2D eigenvalue weighted by Crippen LogP contribution is -2.22. The van der Waals surface area contributed by atoms with E-state index < -0.39 is 11.2 Å². The van der Waals surface area contributed by atoms with E-state index in [0.717, 1.165) is 35.4 Å². The number of imidazole rings is 1. The summed E-state index contributed by atoms with van der Waals surface area (Å²) in [6, 6.07) is 11.8. The Morgan fingerprint density at radius 1 is 1.06 bits per heavy atom. The average molecular weight is 488 g/mol. The highest BCUT2D eigenvalue weighted by Gasteiger charge is 2.22. The number of hydrogen-bond acceptors (Lipinski definition) is 6. The largest absolute Gasteiger partial charge is 0.366 e. The standard InChI is InChI=1S/C26H29N7O3/c1-16(34)27-13-18-6-8-19(9-7-18)14-28-21-11-10-20(15-29-21)23-30-22-24(31-26(36)32-25(22)35)33(23)12-2-3-17-4-5-17/h6-11,15,17H,2-5,12-14H2,1H3,(H,27,34)(H,28,29)(H2,31,32,35,36). The molecule has 1 aromatic carbocycles. The van der Waals surface area contributed by atoms with Gasteiger partial charge < -0.3 is 15.2 Å². The zero-order valence-electron chi connectivity index (χ0n) is 20.1. The molecule has 1 saturated carbocycles. The fourth-order valence-electron chi connectivity index (χ4n) is 4.25. The molecule has 0 unspecified atom stereocenters. The number of aromatic nitrogens is 5. The molecular formula is C26H29N7O3. The van der Waals surface area contributed by atoms with Crippen LogP contribution >= 0.6 is 0 Å². The molecule has 1 aliphatic rings. The Kier molecular flexibility index (Phi) is 6.66. The molecule has 36 heavy (non-hydrogen) atoms. The molecule has 4 N–H and O–H groups in total. The van der Waals surface area contributed by atoms with Crippen LogP contribution in [0.5, 0.6) is 0 Å². The predicted molar refractivity (Wildman–Crippen MR) is 137 cm³/mol. The first-order valence-electron chi connectivity index (χ1n) is 12.2. The maximum atomic E-state index is 12.4. The summed E-state index contributed by atoms with van der Waals surface area (Å²) in [4.78, 5) is 49.4. The molecular weight excluding hydrogens is 458 g/mol. The van der Waals surface area contributed by atoms with E-state index in [9.17, 15) is 14.4 Å². The SMILES string of the molecule is CC(=O)NCc1ccc(CNc2ccc(-c3nc4c(=O)[nH]c(=O)[nH]c4n3CCCC3CC3)cn2)cc1. The van der Waals surface area contributed by atoms with Gasteiger partial charge in [0, 0.05) is 38.3 Å².